The number of carbonyl (C=O) groups is 2. The number of hydrogen-bond donors (Lipinski definition) is 1. The van der Waals surface area contributed by atoms with Crippen molar-refractivity contribution in [2.45, 2.75) is 18.6 Å². The van der Waals surface area contributed by atoms with Crippen LogP contribution in [0.4, 0.5) is 13.2 Å². The maximum absolute atomic E-state index is 12.2. The van der Waals surface area contributed by atoms with E-state index in [0.717, 1.165) is 4.90 Å². The number of rotatable bonds is 4. The number of alkyl halides is 3. The largest absolute Gasteiger partial charge is 0.471 e. The zero-order chi connectivity index (χ0) is 13.9. The van der Waals surface area contributed by atoms with Gasteiger partial charge >= 0.3 is 12.1 Å². The fraction of sp³-hybridized carbons (Fsp3) is 0.800. The second kappa shape index (κ2) is 5.55. The number of carbonyl (C=O) groups excluding carboxylic acids is 2. The highest BCUT2D eigenvalue weighted by Gasteiger charge is 2.47. The Balaban J connectivity index is 2.50. The third kappa shape index (κ3) is 3.34. The molecule has 0 bridgehead atoms. The Bertz CT molecular complexity index is 333. The van der Waals surface area contributed by atoms with Crippen LogP contribution in [-0.4, -0.2) is 67.6 Å². The van der Waals surface area contributed by atoms with E-state index in [9.17, 15) is 22.8 Å². The zero-order valence-corrected chi connectivity index (χ0v) is 10.3. The van der Waals surface area contributed by atoms with Crippen LogP contribution < -0.4 is 5.32 Å². The summed E-state index contributed by atoms with van der Waals surface area (Å²) in [5.74, 6) is -2.04. The average Bonchev–Trinajstić information content (AvgIpc) is 2.23. The van der Waals surface area contributed by atoms with Crippen LogP contribution in [0.5, 0.6) is 0 Å². The van der Waals surface area contributed by atoms with Crippen molar-refractivity contribution in [3.63, 3.8) is 0 Å². The van der Waals surface area contributed by atoms with Crippen LogP contribution in [0, 0.1) is 0 Å². The number of halogens is 3. The maximum Gasteiger partial charge on any atom is 0.471 e. The van der Waals surface area contributed by atoms with Crippen molar-refractivity contribution in [1.82, 2.24) is 15.1 Å². The minimum atomic E-state index is -4.84. The minimum Gasteiger partial charge on any atom is -0.343 e. The van der Waals surface area contributed by atoms with Crippen LogP contribution in [0.25, 0.3) is 0 Å². The molecule has 1 aliphatic heterocycles. The molecule has 2 amide bonds. The zero-order valence-electron chi connectivity index (χ0n) is 10.3. The first-order valence-corrected chi connectivity index (χ1v) is 5.53. The molecule has 1 atom stereocenters. The Kier molecular flexibility index (Phi) is 4.55. The quantitative estimate of drug-likeness (QED) is 0.769. The number of likely N-dealkylation sites (tertiary alicyclic amines) is 1. The second-order valence-electron chi connectivity index (χ2n) is 4.24. The van der Waals surface area contributed by atoms with Gasteiger partial charge in [-0.2, -0.15) is 13.2 Å². The number of hydrogen-bond acceptors (Lipinski definition) is 3. The van der Waals surface area contributed by atoms with Gasteiger partial charge in [0.25, 0.3) is 0 Å². The van der Waals surface area contributed by atoms with Gasteiger partial charge in [-0.05, 0) is 13.5 Å². The summed E-state index contributed by atoms with van der Waals surface area (Å²) in [6.07, 6.45) is -4.36. The third-order valence-electron chi connectivity index (χ3n) is 2.89. The lowest BCUT2D eigenvalue weighted by molar-refractivity contribution is -0.193. The molecule has 1 saturated heterocycles. The molecule has 0 aromatic carbocycles. The first-order chi connectivity index (χ1) is 8.27. The molecule has 104 valence electrons. The lowest BCUT2D eigenvalue weighted by Gasteiger charge is -2.42. The first-order valence-electron chi connectivity index (χ1n) is 5.53. The standard InChI is InChI=1S/C10H16F3N3O2/c1-14-5-8(17)15(2)6-7-3-4-16(7)9(18)10(11,12)13/h7,14H,3-6H2,1-2H3. The number of nitrogens with one attached hydrogen (secondary N) is 1. The van der Waals surface area contributed by atoms with E-state index in [1.54, 1.807) is 7.05 Å². The third-order valence-corrected chi connectivity index (χ3v) is 2.89. The summed E-state index contributed by atoms with van der Waals surface area (Å²) in [5, 5.41) is 2.66. The molecule has 1 heterocycles. The Labute approximate surface area is 103 Å². The molecule has 5 nitrogen and oxygen atoms in total. The van der Waals surface area contributed by atoms with Gasteiger partial charge in [0.1, 0.15) is 0 Å². The normalized spacial score (nSPS) is 19.4. The van der Waals surface area contributed by atoms with Gasteiger partial charge in [-0.1, -0.05) is 0 Å². The van der Waals surface area contributed by atoms with Gasteiger partial charge in [0.2, 0.25) is 5.91 Å². The van der Waals surface area contributed by atoms with Crippen LogP contribution in [0.1, 0.15) is 6.42 Å². The summed E-state index contributed by atoms with van der Waals surface area (Å²) >= 11 is 0. The highest BCUT2D eigenvalue weighted by atomic mass is 19.4. The predicted molar refractivity (Wildman–Crippen MR) is 57.7 cm³/mol. The molecule has 1 N–H and O–H groups in total. The Morgan fingerprint density at radius 3 is 2.44 bits per heavy atom. The molecule has 0 spiro atoms. The van der Waals surface area contributed by atoms with Gasteiger partial charge in [-0.15, -0.1) is 0 Å². The molecular formula is C10H16F3N3O2. The molecule has 1 fully saturated rings. The molecule has 1 unspecified atom stereocenters. The molecule has 0 aromatic rings. The lowest BCUT2D eigenvalue weighted by atomic mass is 10.0. The summed E-state index contributed by atoms with van der Waals surface area (Å²) in [6, 6.07) is -0.537. The van der Waals surface area contributed by atoms with Crippen LogP contribution in [0.2, 0.25) is 0 Å². The van der Waals surface area contributed by atoms with Gasteiger partial charge in [-0.3, -0.25) is 9.59 Å². The predicted octanol–water partition coefficient (Wildman–Crippen LogP) is -0.173. The van der Waals surface area contributed by atoms with Gasteiger partial charge in [-0.25, -0.2) is 0 Å². The summed E-state index contributed by atoms with van der Waals surface area (Å²) in [6.45, 7) is 0.343. The molecule has 1 aliphatic rings. The minimum absolute atomic E-state index is 0.0943. The van der Waals surface area contributed by atoms with Crippen LogP contribution in [0.3, 0.4) is 0 Å². The first kappa shape index (κ1) is 14.7. The van der Waals surface area contributed by atoms with Gasteiger partial charge in [0.05, 0.1) is 12.6 Å². The van der Waals surface area contributed by atoms with E-state index in [1.807, 2.05) is 0 Å². The van der Waals surface area contributed by atoms with E-state index in [4.69, 9.17) is 0 Å². The summed E-state index contributed by atoms with van der Waals surface area (Å²) < 4.78 is 36.7. The highest BCUT2D eigenvalue weighted by Crippen LogP contribution is 2.26. The molecular weight excluding hydrogens is 251 g/mol. The Morgan fingerprint density at radius 1 is 1.44 bits per heavy atom. The highest BCUT2D eigenvalue weighted by molar-refractivity contribution is 5.83. The van der Waals surface area contributed by atoms with E-state index in [2.05, 4.69) is 5.32 Å². The van der Waals surface area contributed by atoms with Crippen molar-refractivity contribution >= 4 is 11.8 Å². The van der Waals surface area contributed by atoms with Crippen LogP contribution in [-0.2, 0) is 9.59 Å². The van der Waals surface area contributed by atoms with E-state index < -0.39 is 18.1 Å². The molecule has 0 radical (unpaired) electrons. The van der Waals surface area contributed by atoms with Gasteiger partial charge in [0.15, 0.2) is 0 Å². The molecule has 18 heavy (non-hydrogen) atoms. The lowest BCUT2D eigenvalue weighted by Crippen LogP contribution is -2.59. The summed E-state index contributed by atoms with van der Waals surface area (Å²) in [7, 11) is 3.11. The Hall–Kier alpha value is -1.31. The van der Waals surface area contributed by atoms with Crippen molar-refractivity contribution in [3.05, 3.63) is 0 Å². The number of likely N-dealkylation sites (N-methyl/N-ethyl adjacent to an activating group) is 2. The average molecular weight is 267 g/mol. The number of amides is 2. The topological polar surface area (TPSA) is 52.7 Å². The summed E-state index contributed by atoms with van der Waals surface area (Å²) in [4.78, 5) is 24.5. The van der Waals surface area contributed by atoms with Crippen molar-refractivity contribution < 1.29 is 22.8 Å². The van der Waals surface area contributed by atoms with Gasteiger partial charge < -0.3 is 15.1 Å². The second-order valence-corrected chi connectivity index (χ2v) is 4.24. The van der Waals surface area contributed by atoms with Crippen LogP contribution in [0.15, 0.2) is 0 Å². The van der Waals surface area contributed by atoms with Crippen molar-refractivity contribution in [1.29, 1.82) is 0 Å². The SMILES string of the molecule is CNCC(=O)N(C)CC1CCN1C(=O)C(F)(F)F. The molecule has 0 aliphatic carbocycles. The van der Waals surface area contributed by atoms with Crippen molar-refractivity contribution in [3.8, 4) is 0 Å². The molecule has 0 aromatic heterocycles. The van der Waals surface area contributed by atoms with Crippen LogP contribution >= 0.6 is 0 Å². The van der Waals surface area contributed by atoms with E-state index in [1.165, 1.54) is 11.9 Å². The molecule has 1 rings (SSSR count). The van der Waals surface area contributed by atoms with Gasteiger partial charge in [0, 0.05) is 20.1 Å². The van der Waals surface area contributed by atoms with E-state index >= 15 is 0 Å². The van der Waals surface area contributed by atoms with E-state index in [0.29, 0.717) is 6.42 Å². The maximum atomic E-state index is 12.2. The number of nitrogens with zero attached hydrogens (tertiary/aromatic N) is 2. The summed E-state index contributed by atoms with van der Waals surface area (Å²) in [5.41, 5.74) is 0. The smallest absolute Gasteiger partial charge is 0.343 e. The molecule has 0 saturated carbocycles. The molecule has 8 heteroatoms. The fourth-order valence-corrected chi connectivity index (χ4v) is 1.76. The van der Waals surface area contributed by atoms with E-state index in [-0.39, 0.29) is 25.5 Å². The van der Waals surface area contributed by atoms with Crippen molar-refractivity contribution in [2.24, 2.45) is 0 Å². The van der Waals surface area contributed by atoms with Crippen molar-refractivity contribution in [2.75, 3.05) is 33.7 Å². The monoisotopic (exact) mass is 267 g/mol. The Morgan fingerprint density at radius 2 is 2.06 bits per heavy atom. The fourth-order valence-electron chi connectivity index (χ4n) is 1.76.